The lowest BCUT2D eigenvalue weighted by Crippen LogP contribution is -2.32. The zero-order chi connectivity index (χ0) is 27.0. The lowest BCUT2D eigenvalue weighted by atomic mass is 10.1. The number of imide groups is 1. The standard InChI is InChI=1S/C30H26N2O6/c1-30(2,3)38-29(36)32-20(17-31-26(33)21-12-7-8-13-22(21)27(31)34)16-24-23(14-9-15-25(24)32)28(35)37-18-19-10-5-4-6-11-19/h4-16H,17-18H2,1-3H3. The number of rotatable bonds is 5. The maximum Gasteiger partial charge on any atom is 0.419 e. The van der Waals surface area contributed by atoms with Crippen LogP contribution >= 0.6 is 0 Å². The van der Waals surface area contributed by atoms with Gasteiger partial charge >= 0.3 is 12.1 Å². The first-order chi connectivity index (χ1) is 18.1. The van der Waals surface area contributed by atoms with Gasteiger partial charge < -0.3 is 9.47 Å². The third-order valence-electron chi connectivity index (χ3n) is 6.13. The first kappa shape index (κ1) is 25.0. The minimum Gasteiger partial charge on any atom is -0.457 e. The summed E-state index contributed by atoms with van der Waals surface area (Å²) in [6, 6.07) is 22.4. The van der Waals surface area contributed by atoms with E-state index in [1.54, 1.807) is 69.3 Å². The Labute approximate surface area is 219 Å². The number of hydrogen-bond acceptors (Lipinski definition) is 6. The van der Waals surface area contributed by atoms with Crippen molar-refractivity contribution in [2.24, 2.45) is 0 Å². The molecule has 0 N–H and O–H groups in total. The molecule has 0 unspecified atom stereocenters. The SMILES string of the molecule is CC(C)(C)OC(=O)n1c(CN2C(=O)c3ccccc3C2=O)cc2c(C(=O)OCc3ccccc3)cccc21. The van der Waals surface area contributed by atoms with Crippen LogP contribution in [-0.4, -0.2) is 38.9 Å². The lowest BCUT2D eigenvalue weighted by Gasteiger charge is -2.22. The van der Waals surface area contributed by atoms with Crippen LogP contribution in [0.3, 0.4) is 0 Å². The van der Waals surface area contributed by atoms with E-state index in [0.29, 0.717) is 27.7 Å². The summed E-state index contributed by atoms with van der Waals surface area (Å²) >= 11 is 0. The fraction of sp³-hybridized carbons (Fsp3) is 0.200. The molecule has 0 saturated carbocycles. The lowest BCUT2D eigenvalue weighted by molar-refractivity contribution is 0.0472. The predicted octanol–water partition coefficient (Wildman–Crippen LogP) is 5.58. The van der Waals surface area contributed by atoms with Crippen LogP contribution in [0.15, 0.2) is 78.9 Å². The molecule has 1 aliphatic rings. The third kappa shape index (κ3) is 4.68. The number of fused-ring (bicyclic) bond motifs is 2. The van der Waals surface area contributed by atoms with Gasteiger partial charge in [-0.3, -0.25) is 14.5 Å². The topological polar surface area (TPSA) is 94.9 Å². The highest BCUT2D eigenvalue weighted by Gasteiger charge is 2.36. The second kappa shape index (κ2) is 9.63. The fourth-order valence-corrected chi connectivity index (χ4v) is 4.45. The zero-order valence-electron chi connectivity index (χ0n) is 21.3. The molecule has 4 aromatic rings. The zero-order valence-corrected chi connectivity index (χ0v) is 21.3. The maximum atomic E-state index is 13.3. The van der Waals surface area contributed by atoms with E-state index in [1.807, 2.05) is 30.3 Å². The summed E-state index contributed by atoms with van der Waals surface area (Å²) in [6.45, 7) is 5.13. The Balaban J connectivity index is 1.54. The first-order valence-electron chi connectivity index (χ1n) is 12.2. The van der Waals surface area contributed by atoms with E-state index < -0.39 is 29.5 Å². The number of esters is 1. The molecule has 192 valence electrons. The molecule has 38 heavy (non-hydrogen) atoms. The van der Waals surface area contributed by atoms with Crippen LogP contribution in [0.5, 0.6) is 0 Å². The number of ether oxygens (including phenoxy) is 2. The predicted molar refractivity (Wildman–Crippen MR) is 140 cm³/mol. The average molecular weight is 511 g/mol. The van der Waals surface area contributed by atoms with Crippen LogP contribution in [0.4, 0.5) is 4.79 Å². The number of nitrogens with zero attached hydrogens (tertiary/aromatic N) is 2. The van der Waals surface area contributed by atoms with Gasteiger partial charge in [0.1, 0.15) is 12.2 Å². The Morgan fingerprint density at radius 2 is 1.45 bits per heavy atom. The monoisotopic (exact) mass is 510 g/mol. The first-order valence-corrected chi connectivity index (χ1v) is 12.2. The molecule has 0 radical (unpaired) electrons. The number of carbonyl (C=O) groups is 4. The number of amides is 2. The van der Waals surface area contributed by atoms with E-state index in [-0.39, 0.29) is 18.7 Å². The Kier molecular flexibility index (Phi) is 6.32. The van der Waals surface area contributed by atoms with Gasteiger partial charge in [-0.05, 0) is 56.7 Å². The average Bonchev–Trinajstić information content (AvgIpc) is 3.38. The van der Waals surface area contributed by atoms with Crippen molar-refractivity contribution in [1.82, 2.24) is 9.47 Å². The van der Waals surface area contributed by atoms with Crippen molar-refractivity contribution in [3.63, 3.8) is 0 Å². The van der Waals surface area contributed by atoms with Gasteiger partial charge in [-0.1, -0.05) is 48.5 Å². The third-order valence-corrected chi connectivity index (χ3v) is 6.13. The molecule has 0 aliphatic carbocycles. The van der Waals surface area contributed by atoms with Gasteiger partial charge in [0.05, 0.1) is 34.4 Å². The number of carbonyl (C=O) groups excluding carboxylic acids is 4. The second-order valence-corrected chi connectivity index (χ2v) is 9.99. The van der Waals surface area contributed by atoms with Gasteiger partial charge in [-0.2, -0.15) is 0 Å². The van der Waals surface area contributed by atoms with E-state index in [9.17, 15) is 19.2 Å². The second-order valence-electron chi connectivity index (χ2n) is 9.99. The summed E-state index contributed by atoms with van der Waals surface area (Å²) < 4.78 is 12.5. The Hall–Kier alpha value is -4.72. The molecule has 0 bridgehead atoms. The van der Waals surface area contributed by atoms with E-state index in [2.05, 4.69) is 0 Å². The Bertz CT molecular complexity index is 1540. The molecule has 2 heterocycles. The van der Waals surface area contributed by atoms with Gasteiger partial charge in [0, 0.05) is 5.39 Å². The molecular formula is C30H26N2O6. The summed E-state index contributed by atoms with van der Waals surface area (Å²) in [5, 5.41) is 0.447. The highest BCUT2D eigenvalue weighted by molar-refractivity contribution is 6.21. The van der Waals surface area contributed by atoms with Gasteiger partial charge in [0.2, 0.25) is 0 Å². The summed E-state index contributed by atoms with van der Waals surface area (Å²) in [5.74, 6) is -1.46. The molecule has 0 atom stereocenters. The molecule has 0 spiro atoms. The number of hydrogen-bond donors (Lipinski definition) is 0. The molecule has 1 aliphatic heterocycles. The smallest absolute Gasteiger partial charge is 0.419 e. The molecular weight excluding hydrogens is 484 g/mol. The van der Waals surface area contributed by atoms with Crippen LogP contribution in [0.25, 0.3) is 10.9 Å². The molecule has 5 rings (SSSR count). The Morgan fingerprint density at radius 3 is 2.08 bits per heavy atom. The van der Waals surface area contributed by atoms with Crippen LogP contribution in [0, 0.1) is 0 Å². The highest BCUT2D eigenvalue weighted by Crippen LogP contribution is 2.30. The van der Waals surface area contributed by atoms with Crippen LogP contribution in [0.2, 0.25) is 0 Å². The minimum atomic E-state index is -0.799. The quantitative estimate of drug-likeness (QED) is 0.257. The van der Waals surface area contributed by atoms with Crippen molar-refractivity contribution < 1.29 is 28.7 Å². The van der Waals surface area contributed by atoms with E-state index in [4.69, 9.17) is 9.47 Å². The van der Waals surface area contributed by atoms with Crippen molar-refractivity contribution in [3.8, 4) is 0 Å². The molecule has 2 amide bonds. The van der Waals surface area contributed by atoms with Gasteiger partial charge in [0.15, 0.2) is 0 Å². The summed E-state index contributed by atoms with van der Waals surface area (Å²) in [4.78, 5) is 53.6. The van der Waals surface area contributed by atoms with E-state index in [0.717, 1.165) is 10.5 Å². The van der Waals surface area contributed by atoms with Crippen LogP contribution < -0.4 is 0 Å². The minimum absolute atomic E-state index is 0.0880. The largest absolute Gasteiger partial charge is 0.457 e. The summed E-state index contributed by atoms with van der Waals surface area (Å²) in [7, 11) is 0. The number of benzene rings is 3. The Morgan fingerprint density at radius 1 is 0.816 bits per heavy atom. The normalized spacial score (nSPS) is 13.1. The highest BCUT2D eigenvalue weighted by atomic mass is 16.6. The van der Waals surface area contributed by atoms with Crippen molar-refractivity contribution in [2.45, 2.75) is 39.5 Å². The molecule has 8 heteroatoms. The fourth-order valence-electron chi connectivity index (χ4n) is 4.45. The van der Waals surface area contributed by atoms with E-state index >= 15 is 0 Å². The molecule has 3 aromatic carbocycles. The van der Waals surface area contributed by atoms with Gasteiger partial charge in [0.25, 0.3) is 11.8 Å². The van der Waals surface area contributed by atoms with Crippen molar-refractivity contribution in [1.29, 1.82) is 0 Å². The van der Waals surface area contributed by atoms with Crippen LogP contribution in [-0.2, 0) is 22.6 Å². The summed E-state index contributed by atoms with van der Waals surface area (Å²) in [5.41, 5.74) is 1.64. The van der Waals surface area contributed by atoms with Crippen molar-refractivity contribution in [3.05, 3.63) is 107 Å². The summed E-state index contributed by atoms with van der Waals surface area (Å²) in [6.07, 6.45) is -0.686. The molecule has 8 nitrogen and oxygen atoms in total. The van der Waals surface area contributed by atoms with Crippen molar-refractivity contribution >= 4 is 34.8 Å². The molecule has 0 fully saturated rings. The maximum absolute atomic E-state index is 13.3. The number of aromatic nitrogens is 1. The van der Waals surface area contributed by atoms with Gasteiger partial charge in [-0.15, -0.1) is 0 Å². The van der Waals surface area contributed by atoms with E-state index in [1.165, 1.54) is 4.57 Å². The van der Waals surface area contributed by atoms with Crippen molar-refractivity contribution in [2.75, 3.05) is 0 Å². The van der Waals surface area contributed by atoms with Crippen LogP contribution in [0.1, 0.15) is 63.1 Å². The van der Waals surface area contributed by atoms with Gasteiger partial charge in [-0.25, -0.2) is 14.2 Å². The molecule has 0 saturated heterocycles. The molecule has 1 aromatic heterocycles.